The molecule has 0 aliphatic carbocycles. The third-order valence-electron chi connectivity index (χ3n) is 3.83. The Bertz CT molecular complexity index is 495. The predicted molar refractivity (Wildman–Crippen MR) is 72.0 cm³/mol. The lowest BCUT2D eigenvalue weighted by molar-refractivity contribution is 0.166. The number of hydrogen-bond acceptors (Lipinski definition) is 3. The summed E-state index contributed by atoms with van der Waals surface area (Å²) >= 11 is 0. The molecule has 0 aromatic heterocycles. The number of rotatable bonds is 1. The van der Waals surface area contributed by atoms with E-state index in [1.165, 1.54) is 11.1 Å². The Labute approximate surface area is 108 Å². The van der Waals surface area contributed by atoms with Crippen LogP contribution in [0.2, 0.25) is 0 Å². The van der Waals surface area contributed by atoms with Gasteiger partial charge in [-0.1, -0.05) is 25.1 Å². The summed E-state index contributed by atoms with van der Waals surface area (Å²) in [6.45, 7) is 4.06. The van der Waals surface area contributed by atoms with Gasteiger partial charge < -0.3 is 9.47 Å². The van der Waals surface area contributed by atoms with Crippen molar-refractivity contribution in [2.45, 2.75) is 13.0 Å². The second kappa shape index (κ2) is 4.32. The van der Waals surface area contributed by atoms with E-state index in [1.807, 2.05) is 12.1 Å². The zero-order valence-electron chi connectivity index (χ0n) is 11.1. The van der Waals surface area contributed by atoms with Gasteiger partial charge >= 0.3 is 0 Å². The van der Waals surface area contributed by atoms with Gasteiger partial charge in [-0.05, 0) is 24.6 Å². The van der Waals surface area contributed by atoms with Crippen LogP contribution in [0.5, 0.6) is 11.5 Å². The molecule has 0 bridgehead atoms. The van der Waals surface area contributed by atoms with E-state index < -0.39 is 0 Å². The van der Waals surface area contributed by atoms with E-state index in [-0.39, 0.29) is 0 Å². The van der Waals surface area contributed by atoms with Gasteiger partial charge in [0.1, 0.15) is 6.61 Å². The van der Waals surface area contributed by atoms with Crippen LogP contribution in [0.4, 0.5) is 0 Å². The highest BCUT2D eigenvalue weighted by molar-refractivity contribution is 5.78. The predicted octanol–water partition coefficient (Wildman–Crippen LogP) is 2.42. The highest BCUT2D eigenvalue weighted by Crippen LogP contribution is 2.42. The van der Waals surface area contributed by atoms with E-state index in [0.29, 0.717) is 18.6 Å². The number of hydrogen-bond donors (Lipinski definition) is 0. The Balaban J connectivity index is 2.12. The first-order valence-corrected chi connectivity index (χ1v) is 6.43. The molecule has 3 nitrogen and oxygen atoms in total. The number of para-hydroxylation sites is 1. The average molecular weight is 245 g/mol. The lowest BCUT2D eigenvalue weighted by atomic mass is 9.88. The smallest absolute Gasteiger partial charge is 0.168 e. The van der Waals surface area contributed by atoms with Crippen molar-refractivity contribution in [1.82, 2.24) is 4.90 Å². The van der Waals surface area contributed by atoms with Crippen LogP contribution in [0.15, 0.2) is 24.3 Å². The molecule has 0 spiro atoms. The summed E-state index contributed by atoms with van der Waals surface area (Å²) in [5, 5.41) is 0. The number of methoxy groups -OCH3 is 1. The van der Waals surface area contributed by atoms with E-state index >= 15 is 0 Å². The highest BCUT2D eigenvalue weighted by Gasteiger charge is 2.33. The molecule has 0 saturated carbocycles. The Morgan fingerprint density at radius 1 is 1.39 bits per heavy atom. The maximum atomic E-state index is 5.91. The van der Waals surface area contributed by atoms with Crippen LogP contribution in [0.1, 0.15) is 12.5 Å². The van der Waals surface area contributed by atoms with E-state index in [9.17, 15) is 0 Å². The summed E-state index contributed by atoms with van der Waals surface area (Å²) in [6, 6.07) is 6.49. The van der Waals surface area contributed by atoms with Gasteiger partial charge in [0.05, 0.1) is 13.2 Å². The molecule has 0 radical (unpaired) electrons. The summed E-state index contributed by atoms with van der Waals surface area (Å²) in [6.07, 6.45) is 2.38. The molecule has 3 rings (SSSR count). The van der Waals surface area contributed by atoms with Crippen LogP contribution < -0.4 is 9.47 Å². The largest absolute Gasteiger partial charge is 0.493 e. The summed E-state index contributed by atoms with van der Waals surface area (Å²) in [7, 11) is 3.86. The Morgan fingerprint density at radius 3 is 3.00 bits per heavy atom. The minimum Gasteiger partial charge on any atom is -0.493 e. The molecule has 18 heavy (non-hydrogen) atoms. The molecular weight excluding hydrogens is 226 g/mol. The van der Waals surface area contributed by atoms with Gasteiger partial charge in [0.2, 0.25) is 0 Å². The van der Waals surface area contributed by atoms with Crippen molar-refractivity contribution in [1.29, 1.82) is 0 Å². The minimum atomic E-state index is 0.376. The fraction of sp³-hybridized carbons (Fsp3) is 0.467. The topological polar surface area (TPSA) is 21.7 Å². The molecule has 0 unspecified atom stereocenters. The quantitative estimate of drug-likeness (QED) is 0.758. The number of likely N-dealkylation sites (N-methyl/N-ethyl adjacent to an activating group) is 1. The molecule has 2 heterocycles. The summed E-state index contributed by atoms with van der Waals surface area (Å²) in [5.41, 5.74) is 2.57. The van der Waals surface area contributed by atoms with E-state index in [1.54, 1.807) is 7.11 Å². The fourth-order valence-corrected chi connectivity index (χ4v) is 2.99. The highest BCUT2D eigenvalue weighted by atomic mass is 16.5. The molecule has 2 aliphatic rings. The van der Waals surface area contributed by atoms with Gasteiger partial charge in [0.25, 0.3) is 0 Å². The number of fused-ring (bicyclic) bond motifs is 3. The van der Waals surface area contributed by atoms with Gasteiger partial charge in [-0.2, -0.15) is 0 Å². The standard InChI is InChI=1S/C15H19NO2/c1-10-7-12-11-5-4-6-14(17-3)15(11)18-9-13(12)16(2)8-10/h4-7,10,13H,8-9H2,1-3H3/t10-,13-/m1/s1. The van der Waals surface area contributed by atoms with Crippen molar-refractivity contribution < 1.29 is 9.47 Å². The van der Waals surface area contributed by atoms with Crippen molar-refractivity contribution in [3.05, 3.63) is 29.8 Å². The van der Waals surface area contributed by atoms with E-state index in [0.717, 1.165) is 18.0 Å². The van der Waals surface area contributed by atoms with Gasteiger partial charge in [0.15, 0.2) is 11.5 Å². The zero-order chi connectivity index (χ0) is 12.7. The van der Waals surface area contributed by atoms with E-state index in [4.69, 9.17) is 9.47 Å². The van der Waals surface area contributed by atoms with Gasteiger partial charge in [-0.25, -0.2) is 0 Å². The first-order valence-electron chi connectivity index (χ1n) is 6.43. The maximum Gasteiger partial charge on any atom is 0.168 e. The van der Waals surface area contributed by atoms with Crippen LogP contribution in [0.25, 0.3) is 5.57 Å². The number of ether oxygens (including phenoxy) is 2. The normalized spacial score (nSPS) is 26.7. The Kier molecular flexibility index (Phi) is 2.78. The average Bonchev–Trinajstić information content (AvgIpc) is 2.37. The summed E-state index contributed by atoms with van der Waals surface area (Å²) in [5.74, 6) is 2.30. The number of benzene rings is 1. The van der Waals surface area contributed by atoms with Crippen LogP contribution in [0, 0.1) is 5.92 Å². The van der Waals surface area contributed by atoms with Crippen LogP contribution in [-0.4, -0.2) is 38.3 Å². The molecule has 2 atom stereocenters. The summed E-state index contributed by atoms with van der Waals surface area (Å²) in [4.78, 5) is 2.38. The third kappa shape index (κ3) is 1.70. The minimum absolute atomic E-state index is 0.376. The van der Waals surface area contributed by atoms with Gasteiger partial charge in [0, 0.05) is 12.1 Å². The molecule has 0 fully saturated rings. The fourth-order valence-electron chi connectivity index (χ4n) is 2.99. The first kappa shape index (κ1) is 11.6. The lowest BCUT2D eigenvalue weighted by Crippen LogP contribution is -2.44. The second-order valence-corrected chi connectivity index (χ2v) is 5.20. The summed E-state index contributed by atoms with van der Waals surface area (Å²) < 4.78 is 11.3. The van der Waals surface area contributed by atoms with E-state index in [2.05, 4.69) is 31.0 Å². The third-order valence-corrected chi connectivity index (χ3v) is 3.83. The molecule has 0 N–H and O–H groups in total. The van der Waals surface area contributed by atoms with Crippen molar-refractivity contribution in [3.63, 3.8) is 0 Å². The van der Waals surface area contributed by atoms with Crippen molar-refractivity contribution >= 4 is 5.57 Å². The van der Waals surface area contributed by atoms with Crippen molar-refractivity contribution in [2.75, 3.05) is 27.3 Å². The zero-order valence-corrected chi connectivity index (χ0v) is 11.1. The van der Waals surface area contributed by atoms with Gasteiger partial charge in [-0.15, -0.1) is 0 Å². The first-order chi connectivity index (χ1) is 8.70. The van der Waals surface area contributed by atoms with Crippen molar-refractivity contribution in [2.24, 2.45) is 5.92 Å². The van der Waals surface area contributed by atoms with Crippen LogP contribution >= 0.6 is 0 Å². The number of nitrogens with zero attached hydrogens (tertiary/aromatic N) is 1. The molecule has 0 saturated heterocycles. The molecular formula is C15H19NO2. The van der Waals surface area contributed by atoms with Crippen molar-refractivity contribution in [3.8, 4) is 11.5 Å². The van der Waals surface area contributed by atoms with Crippen LogP contribution in [0.3, 0.4) is 0 Å². The molecule has 1 aromatic rings. The second-order valence-electron chi connectivity index (χ2n) is 5.20. The molecule has 96 valence electrons. The Hall–Kier alpha value is -1.48. The van der Waals surface area contributed by atoms with Gasteiger partial charge in [-0.3, -0.25) is 4.90 Å². The molecule has 2 aliphatic heterocycles. The Morgan fingerprint density at radius 2 is 2.22 bits per heavy atom. The molecule has 1 aromatic carbocycles. The maximum absolute atomic E-state index is 5.91. The lowest BCUT2D eigenvalue weighted by Gasteiger charge is -2.39. The SMILES string of the molecule is COc1cccc2c1OC[C@@H]1C2=C[C@@H](C)CN1C. The molecule has 0 amide bonds. The monoisotopic (exact) mass is 245 g/mol. The van der Waals surface area contributed by atoms with Crippen LogP contribution in [-0.2, 0) is 0 Å². The molecule has 3 heteroatoms.